The van der Waals surface area contributed by atoms with Gasteiger partial charge in [0.1, 0.15) is 17.1 Å². The summed E-state index contributed by atoms with van der Waals surface area (Å²) < 4.78 is 10.9. The number of ether oxygens (including phenoxy) is 1. The third-order valence-corrected chi connectivity index (χ3v) is 3.32. The van der Waals surface area contributed by atoms with Crippen LogP contribution in [0.4, 0.5) is 11.6 Å². The van der Waals surface area contributed by atoms with Crippen molar-refractivity contribution in [3.05, 3.63) is 35.5 Å². The number of hydrogen-bond acceptors (Lipinski definition) is 5. The zero-order chi connectivity index (χ0) is 14.3. The number of nitrogens with zero attached hydrogens (tertiary/aromatic N) is 1. The first-order chi connectivity index (χ1) is 9.61. The Kier molecular flexibility index (Phi) is 2.91. The van der Waals surface area contributed by atoms with Crippen molar-refractivity contribution in [3.8, 4) is 17.0 Å². The molecular weight excluding hydrogens is 278 g/mol. The highest BCUT2D eigenvalue weighted by molar-refractivity contribution is 6.31. The maximum atomic E-state index is 6.05. The summed E-state index contributed by atoms with van der Waals surface area (Å²) in [5, 5.41) is 1.29. The van der Waals surface area contributed by atoms with Gasteiger partial charge in [0, 0.05) is 22.2 Å². The standard InChI is InChI=1S/C14H12ClN3O2/c1-19-10-3-2-7(15)6-9(10)12-13-8(4-5-18-12)11(16)14(17)20-13/h2-6H,16-17H2,1H3. The molecule has 0 aliphatic carbocycles. The highest BCUT2D eigenvalue weighted by Gasteiger charge is 2.17. The van der Waals surface area contributed by atoms with Crippen LogP contribution in [-0.4, -0.2) is 12.1 Å². The molecule has 0 saturated carbocycles. The lowest BCUT2D eigenvalue weighted by Crippen LogP contribution is -1.91. The molecule has 1 aromatic carbocycles. The molecule has 0 amide bonds. The second kappa shape index (κ2) is 4.61. The van der Waals surface area contributed by atoms with Gasteiger partial charge in [0.15, 0.2) is 5.58 Å². The van der Waals surface area contributed by atoms with Crippen molar-refractivity contribution in [1.29, 1.82) is 0 Å². The number of anilines is 2. The molecule has 0 saturated heterocycles. The molecule has 4 N–H and O–H groups in total. The van der Waals surface area contributed by atoms with Crippen LogP contribution in [0.25, 0.3) is 22.2 Å². The molecule has 0 spiro atoms. The average Bonchev–Trinajstić information content (AvgIpc) is 2.74. The van der Waals surface area contributed by atoms with Gasteiger partial charge in [0.2, 0.25) is 5.88 Å². The minimum Gasteiger partial charge on any atom is -0.496 e. The maximum Gasteiger partial charge on any atom is 0.214 e. The molecule has 3 rings (SSSR count). The lowest BCUT2D eigenvalue weighted by atomic mass is 10.1. The van der Waals surface area contributed by atoms with E-state index in [4.69, 9.17) is 32.2 Å². The fourth-order valence-electron chi connectivity index (χ4n) is 2.12. The minimum absolute atomic E-state index is 0.176. The van der Waals surface area contributed by atoms with E-state index >= 15 is 0 Å². The van der Waals surface area contributed by atoms with Crippen molar-refractivity contribution in [2.24, 2.45) is 0 Å². The van der Waals surface area contributed by atoms with Crippen molar-refractivity contribution in [2.75, 3.05) is 18.6 Å². The summed E-state index contributed by atoms with van der Waals surface area (Å²) >= 11 is 6.05. The van der Waals surface area contributed by atoms with Gasteiger partial charge in [-0.3, -0.25) is 4.98 Å². The summed E-state index contributed by atoms with van der Waals surface area (Å²) in [5.41, 5.74) is 13.8. The Morgan fingerprint density at radius 2 is 2.05 bits per heavy atom. The van der Waals surface area contributed by atoms with Gasteiger partial charge in [-0.15, -0.1) is 0 Å². The topological polar surface area (TPSA) is 87.3 Å². The van der Waals surface area contributed by atoms with Crippen LogP contribution < -0.4 is 16.2 Å². The van der Waals surface area contributed by atoms with Crippen molar-refractivity contribution in [1.82, 2.24) is 4.98 Å². The minimum atomic E-state index is 0.176. The third kappa shape index (κ3) is 1.83. The van der Waals surface area contributed by atoms with E-state index in [-0.39, 0.29) is 5.88 Å². The van der Waals surface area contributed by atoms with Crippen molar-refractivity contribution in [3.63, 3.8) is 0 Å². The van der Waals surface area contributed by atoms with E-state index in [9.17, 15) is 0 Å². The maximum absolute atomic E-state index is 6.05. The molecule has 0 atom stereocenters. The quantitative estimate of drug-likeness (QED) is 0.755. The van der Waals surface area contributed by atoms with Gasteiger partial charge in [0.05, 0.1) is 7.11 Å². The van der Waals surface area contributed by atoms with Gasteiger partial charge in [-0.25, -0.2) is 0 Å². The fraction of sp³-hybridized carbons (Fsp3) is 0.0714. The number of halogens is 1. The Balaban J connectivity index is 2.35. The second-order valence-electron chi connectivity index (χ2n) is 4.26. The van der Waals surface area contributed by atoms with E-state index in [0.29, 0.717) is 27.7 Å². The van der Waals surface area contributed by atoms with E-state index in [2.05, 4.69) is 4.98 Å². The zero-order valence-electron chi connectivity index (χ0n) is 10.7. The Morgan fingerprint density at radius 1 is 1.25 bits per heavy atom. The highest BCUT2D eigenvalue weighted by atomic mass is 35.5. The molecule has 102 valence electrons. The molecule has 2 aromatic heterocycles. The molecule has 20 heavy (non-hydrogen) atoms. The molecule has 0 aliphatic rings. The number of nitrogens with two attached hydrogens (primary N) is 2. The SMILES string of the molecule is COc1ccc(Cl)cc1-c1nccc2c(N)c(N)oc12. The van der Waals surface area contributed by atoms with Crippen molar-refractivity contribution in [2.45, 2.75) is 0 Å². The van der Waals surface area contributed by atoms with Gasteiger partial charge < -0.3 is 20.6 Å². The van der Waals surface area contributed by atoms with E-state index in [1.807, 2.05) is 0 Å². The normalized spacial score (nSPS) is 10.9. The van der Waals surface area contributed by atoms with Crippen LogP contribution in [0.5, 0.6) is 5.75 Å². The van der Waals surface area contributed by atoms with Gasteiger partial charge >= 0.3 is 0 Å². The average molecular weight is 290 g/mol. The van der Waals surface area contributed by atoms with Gasteiger partial charge in [-0.05, 0) is 24.3 Å². The largest absolute Gasteiger partial charge is 0.496 e. The van der Waals surface area contributed by atoms with Crippen LogP contribution in [-0.2, 0) is 0 Å². The van der Waals surface area contributed by atoms with E-state index < -0.39 is 0 Å². The zero-order valence-corrected chi connectivity index (χ0v) is 11.4. The lowest BCUT2D eigenvalue weighted by Gasteiger charge is -2.08. The number of fused-ring (bicyclic) bond motifs is 1. The molecule has 0 unspecified atom stereocenters. The number of pyridine rings is 1. The van der Waals surface area contributed by atoms with Crippen LogP contribution >= 0.6 is 11.6 Å². The number of methoxy groups -OCH3 is 1. The monoisotopic (exact) mass is 289 g/mol. The van der Waals surface area contributed by atoms with E-state index in [1.165, 1.54) is 0 Å². The summed E-state index contributed by atoms with van der Waals surface area (Å²) in [5.74, 6) is 0.818. The highest BCUT2D eigenvalue weighted by Crippen LogP contribution is 2.39. The predicted octanol–water partition coefficient (Wildman–Crippen LogP) is 3.32. The van der Waals surface area contributed by atoms with Crippen LogP contribution in [0.2, 0.25) is 5.02 Å². The molecule has 6 heteroatoms. The van der Waals surface area contributed by atoms with Crippen molar-refractivity contribution >= 4 is 34.1 Å². The molecule has 2 heterocycles. The lowest BCUT2D eigenvalue weighted by molar-refractivity contribution is 0.416. The summed E-state index contributed by atoms with van der Waals surface area (Å²) in [6, 6.07) is 7.03. The molecule has 5 nitrogen and oxygen atoms in total. The molecule has 0 fully saturated rings. The molecule has 0 radical (unpaired) electrons. The Labute approximate surface area is 120 Å². The Hall–Kier alpha value is -2.40. The second-order valence-corrected chi connectivity index (χ2v) is 4.70. The van der Waals surface area contributed by atoms with Crippen LogP contribution in [0, 0.1) is 0 Å². The molecular formula is C14H12ClN3O2. The van der Waals surface area contributed by atoms with E-state index in [0.717, 1.165) is 10.9 Å². The summed E-state index contributed by atoms with van der Waals surface area (Å²) in [6.07, 6.45) is 1.64. The first kappa shape index (κ1) is 12.6. The molecule has 3 aromatic rings. The number of nitrogen functional groups attached to an aromatic ring is 2. The molecule has 0 aliphatic heterocycles. The summed E-state index contributed by atoms with van der Waals surface area (Å²) in [4.78, 5) is 4.34. The molecule has 0 bridgehead atoms. The number of benzene rings is 1. The van der Waals surface area contributed by atoms with Crippen LogP contribution in [0.3, 0.4) is 0 Å². The van der Waals surface area contributed by atoms with Gasteiger partial charge in [0.25, 0.3) is 0 Å². The third-order valence-electron chi connectivity index (χ3n) is 3.09. The first-order valence-electron chi connectivity index (χ1n) is 5.88. The smallest absolute Gasteiger partial charge is 0.214 e. The fourth-order valence-corrected chi connectivity index (χ4v) is 2.29. The summed E-state index contributed by atoms with van der Waals surface area (Å²) in [6.45, 7) is 0. The summed E-state index contributed by atoms with van der Waals surface area (Å²) in [7, 11) is 1.58. The van der Waals surface area contributed by atoms with Crippen LogP contribution in [0.1, 0.15) is 0 Å². The number of hydrogen-bond donors (Lipinski definition) is 2. The Morgan fingerprint density at radius 3 is 2.80 bits per heavy atom. The van der Waals surface area contributed by atoms with Gasteiger partial charge in [-0.1, -0.05) is 11.6 Å². The van der Waals surface area contributed by atoms with Crippen LogP contribution in [0.15, 0.2) is 34.9 Å². The first-order valence-corrected chi connectivity index (χ1v) is 6.26. The number of rotatable bonds is 2. The van der Waals surface area contributed by atoms with Gasteiger partial charge in [-0.2, -0.15) is 0 Å². The Bertz CT molecular complexity index is 798. The van der Waals surface area contributed by atoms with E-state index in [1.54, 1.807) is 37.6 Å². The van der Waals surface area contributed by atoms with Crippen molar-refractivity contribution < 1.29 is 9.15 Å². The number of aromatic nitrogens is 1. The number of furan rings is 1. The predicted molar refractivity (Wildman–Crippen MR) is 79.8 cm³/mol.